The summed E-state index contributed by atoms with van der Waals surface area (Å²) in [7, 11) is 0. The Morgan fingerprint density at radius 3 is 2.39 bits per heavy atom. The fourth-order valence-corrected chi connectivity index (χ4v) is 3.06. The normalized spacial score (nSPS) is 10.7. The molecule has 0 aliphatic rings. The van der Waals surface area contributed by atoms with Crippen molar-refractivity contribution < 1.29 is 14.3 Å². The maximum absolute atomic E-state index is 12.3. The molecule has 3 rings (SSSR count). The van der Waals surface area contributed by atoms with Gasteiger partial charge in [0.1, 0.15) is 12.4 Å². The van der Waals surface area contributed by atoms with E-state index < -0.39 is 0 Å². The Labute approximate surface area is 182 Å². The summed E-state index contributed by atoms with van der Waals surface area (Å²) in [6.45, 7) is 5.94. The molecule has 0 fully saturated rings. The zero-order chi connectivity index (χ0) is 22.2. The fraction of sp³-hybridized carbons (Fsp3) is 0.154. The number of hydrogen-bond acceptors (Lipinski definition) is 3. The predicted octanol–water partition coefficient (Wildman–Crippen LogP) is 5.49. The molecule has 0 unspecified atom stereocenters. The van der Waals surface area contributed by atoms with Gasteiger partial charge in [0, 0.05) is 24.4 Å². The Balaban J connectivity index is 1.56. The van der Waals surface area contributed by atoms with Crippen molar-refractivity contribution in [2.24, 2.45) is 0 Å². The topological polar surface area (TPSA) is 67.4 Å². The van der Waals surface area contributed by atoms with Crippen molar-refractivity contribution in [3.05, 3.63) is 95.1 Å². The number of rotatable bonds is 7. The lowest BCUT2D eigenvalue weighted by Crippen LogP contribution is -2.09. The third-order valence-electron chi connectivity index (χ3n) is 4.60. The fourth-order valence-electron chi connectivity index (χ4n) is 3.06. The molecule has 2 N–H and O–H groups in total. The highest BCUT2D eigenvalue weighted by molar-refractivity contribution is 6.02. The number of amides is 2. The van der Waals surface area contributed by atoms with Crippen molar-refractivity contribution in [3.8, 4) is 5.75 Å². The van der Waals surface area contributed by atoms with E-state index in [2.05, 4.69) is 29.7 Å². The van der Waals surface area contributed by atoms with Crippen LogP contribution >= 0.6 is 0 Å². The van der Waals surface area contributed by atoms with Gasteiger partial charge in [-0.25, -0.2) is 0 Å². The van der Waals surface area contributed by atoms with E-state index in [4.69, 9.17) is 4.74 Å². The first kappa shape index (κ1) is 21.8. The molecule has 0 atom stereocenters. The molecular weight excluding hydrogens is 388 g/mol. The number of hydrogen-bond donors (Lipinski definition) is 2. The highest BCUT2D eigenvalue weighted by Crippen LogP contribution is 2.22. The number of anilines is 2. The van der Waals surface area contributed by atoms with Crippen LogP contribution in [0, 0.1) is 13.8 Å². The van der Waals surface area contributed by atoms with Crippen molar-refractivity contribution in [2.75, 3.05) is 10.6 Å². The minimum absolute atomic E-state index is 0.121. The van der Waals surface area contributed by atoms with Crippen LogP contribution in [-0.4, -0.2) is 11.8 Å². The summed E-state index contributed by atoms with van der Waals surface area (Å²) in [5.41, 5.74) is 5.55. The molecule has 0 saturated carbocycles. The maximum atomic E-state index is 12.3. The van der Waals surface area contributed by atoms with Gasteiger partial charge in [-0.1, -0.05) is 42.0 Å². The Morgan fingerprint density at radius 1 is 0.935 bits per heavy atom. The molecule has 31 heavy (non-hydrogen) atoms. The molecule has 0 saturated heterocycles. The molecule has 0 aliphatic carbocycles. The van der Waals surface area contributed by atoms with E-state index in [1.165, 1.54) is 18.6 Å². The lowest BCUT2D eigenvalue weighted by molar-refractivity contribution is -0.114. The quantitative estimate of drug-likeness (QED) is 0.502. The van der Waals surface area contributed by atoms with Gasteiger partial charge in [0.25, 0.3) is 0 Å². The molecule has 0 bridgehead atoms. The SMILES string of the molecule is CC(=O)Nc1ccc(C=CC(=O)Nc2ccc(OCc3cccc(C)c3)cc2C)cc1. The van der Waals surface area contributed by atoms with Gasteiger partial charge in [-0.2, -0.15) is 0 Å². The monoisotopic (exact) mass is 414 g/mol. The molecule has 5 nitrogen and oxygen atoms in total. The van der Waals surface area contributed by atoms with Gasteiger partial charge in [0.2, 0.25) is 11.8 Å². The number of nitrogens with one attached hydrogen (secondary N) is 2. The van der Waals surface area contributed by atoms with Crippen molar-refractivity contribution in [2.45, 2.75) is 27.4 Å². The van der Waals surface area contributed by atoms with E-state index >= 15 is 0 Å². The second-order valence-electron chi connectivity index (χ2n) is 7.38. The van der Waals surface area contributed by atoms with Crippen molar-refractivity contribution in [3.63, 3.8) is 0 Å². The zero-order valence-electron chi connectivity index (χ0n) is 17.9. The Hall–Kier alpha value is -3.86. The molecule has 3 aromatic rings. The van der Waals surface area contributed by atoms with Crippen LogP contribution in [0.3, 0.4) is 0 Å². The first-order valence-electron chi connectivity index (χ1n) is 10.0. The molecule has 2 amide bonds. The van der Waals surface area contributed by atoms with Gasteiger partial charge >= 0.3 is 0 Å². The number of aryl methyl sites for hydroxylation is 2. The van der Waals surface area contributed by atoms with E-state index in [0.29, 0.717) is 6.61 Å². The molecular formula is C26H26N2O3. The summed E-state index contributed by atoms with van der Waals surface area (Å²) in [5.74, 6) is 0.416. The van der Waals surface area contributed by atoms with E-state index in [9.17, 15) is 9.59 Å². The second kappa shape index (κ2) is 10.3. The van der Waals surface area contributed by atoms with Crippen molar-refractivity contribution in [1.82, 2.24) is 0 Å². The summed E-state index contributed by atoms with van der Waals surface area (Å²) >= 11 is 0. The van der Waals surface area contributed by atoms with E-state index in [1.807, 2.05) is 49.4 Å². The smallest absolute Gasteiger partial charge is 0.248 e. The first-order valence-corrected chi connectivity index (χ1v) is 10.0. The van der Waals surface area contributed by atoms with Crippen LogP contribution in [0.15, 0.2) is 72.8 Å². The largest absolute Gasteiger partial charge is 0.489 e. The van der Waals surface area contributed by atoms with Crippen LogP contribution in [-0.2, 0) is 16.2 Å². The van der Waals surface area contributed by atoms with Gasteiger partial charge < -0.3 is 15.4 Å². The summed E-state index contributed by atoms with van der Waals surface area (Å²) in [4.78, 5) is 23.4. The molecule has 5 heteroatoms. The van der Waals surface area contributed by atoms with Crippen molar-refractivity contribution >= 4 is 29.3 Å². The zero-order valence-corrected chi connectivity index (χ0v) is 17.9. The molecule has 0 aliphatic heterocycles. The predicted molar refractivity (Wildman–Crippen MR) is 125 cm³/mol. The lowest BCUT2D eigenvalue weighted by atomic mass is 10.1. The van der Waals surface area contributed by atoms with Gasteiger partial charge in [-0.05, 0) is 66.9 Å². The van der Waals surface area contributed by atoms with Gasteiger partial charge in [-0.15, -0.1) is 0 Å². The van der Waals surface area contributed by atoms with Crippen LogP contribution in [0.4, 0.5) is 11.4 Å². The second-order valence-corrected chi connectivity index (χ2v) is 7.38. The molecule has 0 radical (unpaired) electrons. The number of carbonyl (C=O) groups is 2. The van der Waals surface area contributed by atoms with Gasteiger partial charge in [0.05, 0.1) is 0 Å². The first-order chi connectivity index (χ1) is 14.9. The molecule has 0 aromatic heterocycles. The van der Waals surface area contributed by atoms with Crippen LogP contribution < -0.4 is 15.4 Å². The molecule has 0 spiro atoms. The lowest BCUT2D eigenvalue weighted by Gasteiger charge is -2.11. The van der Waals surface area contributed by atoms with Crippen LogP contribution in [0.25, 0.3) is 6.08 Å². The van der Waals surface area contributed by atoms with E-state index in [-0.39, 0.29) is 11.8 Å². The maximum Gasteiger partial charge on any atom is 0.248 e. The molecule has 0 heterocycles. The molecule has 158 valence electrons. The van der Waals surface area contributed by atoms with Crippen molar-refractivity contribution in [1.29, 1.82) is 0 Å². The van der Waals surface area contributed by atoms with Crippen LogP contribution in [0.5, 0.6) is 5.75 Å². The number of carbonyl (C=O) groups excluding carboxylic acids is 2. The highest BCUT2D eigenvalue weighted by Gasteiger charge is 2.05. The standard InChI is InChI=1S/C26H26N2O3/c1-18-5-4-6-22(15-18)17-31-24-12-13-25(19(2)16-24)28-26(30)14-9-21-7-10-23(11-8-21)27-20(3)29/h4-16H,17H2,1-3H3,(H,27,29)(H,28,30). The minimum atomic E-state index is -0.220. The Kier molecular flexibility index (Phi) is 7.22. The number of benzene rings is 3. The third kappa shape index (κ3) is 6.85. The average molecular weight is 415 g/mol. The van der Waals surface area contributed by atoms with Crippen LogP contribution in [0.2, 0.25) is 0 Å². The minimum Gasteiger partial charge on any atom is -0.489 e. The summed E-state index contributed by atoms with van der Waals surface area (Å²) in [5, 5.41) is 5.60. The van der Waals surface area contributed by atoms with Gasteiger partial charge in [-0.3, -0.25) is 9.59 Å². The summed E-state index contributed by atoms with van der Waals surface area (Å²) < 4.78 is 5.87. The van der Waals surface area contributed by atoms with Gasteiger partial charge in [0.15, 0.2) is 0 Å². The summed E-state index contributed by atoms with van der Waals surface area (Å²) in [6.07, 6.45) is 3.20. The summed E-state index contributed by atoms with van der Waals surface area (Å²) in [6, 6.07) is 21.1. The average Bonchev–Trinajstić information content (AvgIpc) is 2.73. The van der Waals surface area contributed by atoms with E-state index in [0.717, 1.165) is 33.8 Å². The number of ether oxygens (including phenoxy) is 1. The van der Waals surface area contributed by atoms with E-state index in [1.54, 1.807) is 18.2 Å². The Morgan fingerprint density at radius 2 is 1.71 bits per heavy atom. The molecule has 3 aromatic carbocycles. The third-order valence-corrected chi connectivity index (χ3v) is 4.60. The highest BCUT2D eigenvalue weighted by atomic mass is 16.5. The van der Waals surface area contributed by atoms with Crippen LogP contribution in [0.1, 0.15) is 29.2 Å². The Bertz CT molecular complexity index is 1100.